The van der Waals surface area contributed by atoms with Crippen molar-refractivity contribution in [3.63, 3.8) is 0 Å². The van der Waals surface area contributed by atoms with Gasteiger partial charge in [0, 0.05) is 24.6 Å². The largest absolute Gasteiger partial charge is 1.00 e. The Morgan fingerprint density at radius 2 is 0.630 bits per heavy atom. The zero-order valence-corrected chi connectivity index (χ0v) is 40.7. The van der Waals surface area contributed by atoms with Crippen molar-refractivity contribution >= 4 is 45.6 Å². The minimum absolute atomic E-state index is 0. The maximum Gasteiger partial charge on any atom is 1.00 e. The molecule has 0 aliphatic carbocycles. The Hall–Kier alpha value is 0.180. The zero-order chi connectivity index (χ0) is 38.3. The van der Waals surface area contributed by atoms with Gasteiger partial charge in [0.15, 0.2) is 0 Å². The van der Waals surface area contributed by atoms with Crippen LogP contribution in [0.1, 0.15) is 194 Å². The number of carboxylic acid groups (broad SMARTS) is 2. The quantitative estimate of drug-likeness (QED) is 0.0417. The summed E-state index contributed by atoms with van der Waals surface area (Å²) in [6.07, 6.45) is 35.0. The fourth-order valence-corrected chi connectivity index (χ4v) is 8.33. The molecule has 0 aliphatic rings. The Labute approximate surface area is 382 Å². The Morgan fingerprint density at radius 1 is 0.407 bits per heavy atom. The number of unbranched alkanes of at least 4 members (excludes halogenated alkanes) is 26. The van der Waals surface area contributed by atoms with Crippen LogP contribution in [0, 0.1) is 0 Å². The Kier molecular flexibility index (Phi) is 49.7. The van der Waals surface area contributed by atoms with Gasteiger partial charge in [-0.25, -0.2) is 9.59 Å². The molecular weight excluding hydrogens is 743 g/mol. The normalized spacial score (nSPS) is 11.8. The van der Waals surface area contributed by atoms with Crippen LogP contribution in [0.5, 0.6) is 0 Å². The van der Waals surface area contributed by atoms with Gasteiger partial charge in [0.25, 0.3) is 0 Å². The summed E-state index contributed by atoms with van der Waals surface area (Å²) >= 11 is 0. The summed E-state index contributed by atoms with van der Waals surface area (Å²) in [5.74, 6) is -2.89. The van der Waals surface area contributed by atoms with Gasteiger partial charge in [-0.15, -0.1) is 0 Å². The third-order valence-corrected chi connectivity index (χ3v) is 11.8. The summed E-state index contributed by atoms with van der Waals surface area (Å²) in [4.78, 5) is 47.6. The van der Waals surface area contributed by atoms with Gasteiger partial charge in [-0.05, 0) is 12.8 Å². The summed E-state index contributed by atoms with van der Waals surface area (Å²) in [5, 5.41) is 33.4. The molecule has 54 heavy (non-hydrogen) atoms. The van der Waals surface area contributed by atoms with E-state index in [9.17, 15) is 29.4 Å². The molecule has 306 valence electrons. The number of aliphatic carboxylic acids is 2. The number of hydrogen-bond donors (Lipinski definition) is 4. The number of carboxylic acids is 2. The summed E-state index contributed by atoms with van der Waals surface area (Å²) in [6, 6.07) is -3.62. The van der Waals surface area contributed by atoms with Gasteiger partial charge >= 0.3 is 71.2 Å². The summed E-state index contributed by atoms with van der Waals surface area (Å²) < 4.78 is 0. The Bertz CT molecular complexity index is 814. The van der Waals surface area contributed by atoms with Crippen LogP contribution < -0.4 is 90.6 Å². The molecule has 0 fully saturated rings. The van der Waals surface area contributed by atoms with Gasteiger partial charge < -0.3 is 41.1 Å². The van der Waals surface area contributed by atoms with Gasteiger partial charge in [-0.2, -0.15) is 0 Å². The average molecular weight is 819 g/mol. The molecule has 0 aliphatic heterocycles. The van der Waals surface area contributed by atoms with Crippen molar-refractivity contribution in [3.05, 3.63) is 0 Å². The van der Waals surface area contributed by atoms with Crippen molar-refractivity contribution in [3.8, 4) is 0 Å². The van der Waals surface area contributed by atoms with Crippen molar-refractivity contribution in [1.82, 2.24) is 21.3 Å². The van der Waals surface area contributed by atoms with Crippen molar-refractivity contribution in [2.45, 2.75) is 206 Å². The molecule has 2 atom stereocenters. The van der Waals surface area contributed by atoms with Crippen molar-refractivity contribution in [2.24, 2.45) is 0 Å². The van der Waals surface area contributed by atoms with E-state index in [1.54, 1.807) is 0 Å². The predicted molar refractivity (Wildman–Crippen MR) is 216 cm³/mol. The van der Waals surface area contributed by atoms with Gasteiger partial charge in [-0.1, -0.05) is 202 Å². The van der Waals surface area contributed by atoms with E-state index in [1.807, 2.05) is 0 Å². The monoisotopic (exact) mass is 819 g/mol. The number of rotatable bonds is 39. The van der Waals surface area contributed by atoms with E-state index < -0.39 is 36.1 Å². The first kappa shape index (κ1) is 58.5. The van der Waals surface area contributed by atoms with Crippen LogP contribution in [0.15, 0.2) is 0 Å². The van der Waals surface area contributed by atoms with Crippen LogP contribution in [0.4, 0.5) is 9.59 Å². The van der Waals surface area contributed by atoms with Gasteiger partial charge in [-0.3, -0.25) is 0 Å². The van der Waals surface area contributed by atoms with Crippen LogP contribution in [-0.4, -0.2) is 60.7 Å². The maximum absolute atomic E-state index is 12.2. The standard InChI is InChI=1S/C40H78N4O6S2.2Na/c1-3-5-7-9-11-13-15-17-19-21-23-25-27-29-31-41-39(49)43-35(37(45)46)33-51-52-34-36(38(47)48)44-40(50)42-32-30-28-26-24-22-20-18-16-14-12-10-8-6-4-2;;/h35-36H,3-34H2,1-2H3,(H,45,46)(H,47,48)(H2,41,43,49)(H2,42,44,50);;/q;2*+1/p-2. The molecule has 14 heteroatoms. The molecule has 0 aromatic rings. The number of carbonyl (C=O) groups is 4. The molecule has 0 aromatic heterocycles. The molecule has 4 N–H and O–H groups in total. The first-order valence-electron chi connectivity index (χ1n) is 21.1. The van der Waals surface area contributed by atoms with E-state index in [2.05, 4.69) is 35.1 Å². The first-order valence-corrected chi connectivity index (χ1v) is 23.5. The smallest absolute Gasteiger partial charge is 0.548 e. The number of carbonyl (C=O) groups excluding carboxylic acids is 4. The first-order chi connectivity index (χ1) is 25.3. The van der Waals surface area contributed by atoms with Gasteiger partial charge in [0.05, 0.1) is 24.0 Å². The predicted octanol–water partition coefficient (Wildman–Crippen LogP) is 2.17. The molecule has 0 saturated carbocycles. The fourth-order valence-electron chi connectivity index (χ4n) is 6.03. The molecule has 2 unspecified atom stereocenters. The second-order valence-corrected chi connectivity index (χ2v) is 16.9. The molecule has 10 nitrogen and oxygen atoms in total. The number of urea groups is 2. The van der Waals surface area contributed by atoms with Crippen LogP contribution >= 0.6 is 21.6 Å². The van der Waals surface area contributed by atoms with Crippen molar-refractivity contribution in [2.75, 3.05) is 24.6 Å². The van der Waals surface area contributed by atoms with E-state index in [0.29, 0.717) is 13.1 Å². The third kappa shape index (κ3) is 41.8. The van der Waals surface area contributed by atoms with Crippen LogP contribution in [0.25, 0.3) is 0 Å². The fraction of sp³-hybridized carbons (Fsp3) is 0.900. The van der Waals surface area contributed by atoms with Crippen LogP contribution in [0.2, 0.25) is 0 Å². The molecule has 0 aromatic carbocycles. The Balaban J connectivity index is -0.0000130. The number of nitrogens with one attached hydrogen (secondary N) is 4. The summed E-state index contributed by atoms with van der Waals surface area (Å²) in [7, 11) is 2.17. The van der Waals surface area contributed by atoms with Crippen molar-refractivity contribution < 1.29 is 88.5 Å². The molecule has 0 bridgehead atoms. The minimum atomic E-state index is -1.42. The third-order valence-electron chi connectivity index (χ3n) is 9.36. The molecule has 0 radical (unpaired) electrons. The molecule has 0 rings (SSSR count). The Morgan fingerprint density at radius 3 is 0.852 bits per heavy atom. The molecule has 0 spiro atoms. The van der Waals surface area contributed by atoms with Gasteiger partial charge in [0.1, 0.15) is 0 Å². The van der Waals surface area contributed by atoms with E-state index in [4.69, 9.17) is 0 Å². The number of hydrogen-bond acceptors (Lipinski definition) is 8. The van der Waals surface area contributed by atoms with E-state index in [0.717, 1.165) is 60.1 Å². The minimum Gasteiger partial charge on any atom is -0.548 e. The molecule has 4 amide bonds. The molecule has 0 saturated heterocycles. The molecule has 0 heterocycles. The van der Waals surface area contributed by atoms with Crippen LogP contribution in [-0.2, 0) is 9.59 Å². The second kappa shape index (κ2) is 45.9. The molecular formula is C40H76N4Na2O6S2. The van der Waals surface area contributed by atoms with E-state index in [1.165, 1.54) is 141 Å². The van der Waals surface area contributed by atoms with Crippen molar-refractivity contribution in [1.29, 1.82) is 0 Å². The van der Waals surface area contributed by atoms with E-state index >= 15 is 0 Å². The SMILES string of the molecule is CCCCCCCCCCCCCCCCNC(=O)NC(CSSCC(NC(=O)NCCCCCCCCCCCCCCCC)C(=O)[O-])C(=O)[O-].[Na+].[Na+]. The summed E-state index contributed by atoms with van der Waals surface area (Å²) in [5.41, 5.74) is 0. The van der Waals surface area contributed by atoms with E-state index in [-0.39, 0.29) is 70.6 Å². The van der Waals surface area contributed by atoms with Gasteiger partial charge in [0.2, 0.25) is 0 Å². The number of amides is 4. The topological polar surface area (TPSA) is 163 Å². The second-order valence-electron chi connectivity index (χ2n) is 14.3. The summed E-state index contributed by atoms with van der Waals surface area (Å²) in [6.45, 7) is 5.42. The average Bonchev–Trinajstić information content (AvgIpc) is 3.12. The zero-order valence-electron chi connectivity index (χ0n) is 35.0. The van der Waals surface area contributed by atoms with Crippen LogP contribution in [0.3, 0.4) is 0 Å². The maximum atomic E-state index is 12.2.